The normalized spacial score (nSPS) is 13.5. The van der Waals surface area contributed by atoms with Crippen molar-refractivity contribution in [2.75, 3.05) is 6.61 Å². The van der Waals surface area contributed by atoms with E-state index in [4.69, 9.17) is 15.7 Å². The molecule has 6 heteroatoms. The monoisotopic (exact) mass is 238 g/mol. The Balaban J connectivity index is 2.75. The summed E-state index contributed by atoms with van der Waals surface area (Å²) >= 11 is 0. The Morgan fingerprint density at radius 3 is 2.82 bits per heavy atom. The SMILES string of the molecule is C[C@](O)(COc1ccc(C#N)c(F)c1)C(N)=O. The van der Waals surface area contributed by atoms with E-state index in [1.54, 1.807) is 6.07 Å². The quantitative estimate of drug-likeness (QED) is 0.789. The maximum absolute atomic E-state index is 13.2. The molecule has 0 fully saturated rings. The number of benzene rings is 1. The van der Waals surface area contributed by atoms with Crippen LogP contribution in [-0.4, -0.2) is 23.2 Å². The van der Waals surface area contributed by atoms with Crippen LogP contribution in [0, 0.1) is 17.1 Å². The molecule has 0 spiro atoms. The number of hydrogen-bond acceptors (Lipinski definition) is 4. The summed E-state index contributed by atoms with van der Waals surface area (Å²) in [5, 5.41) is 18.0. The van der Waals surface area contributed by atoms with Crippen LogP contribution in [0.25, 0.3) is 0 Å². The van der Waals surface area contributed by atoms with E-state index < -0.39 is 23.9 Å². The Kier molecular flexibility index (Phi) is 3.66. The number of nitrogens with two attached hydrogens (primary N) is 1. The minimum atomic E-state index is -1.83. The predicted octanol–water partition coefficient (Wildman–Crippen LogP) is 0.312. The molecule has 17 heavy (non-hydrogen) atoms. The lowest BCUT2D eigenvalue weighted by Crippen LogP contribution is -2.45. The Bertz CT molecular complexity index is 480. The molecule has 1 amide bonds. The number of hydrogen-bond donors (Lipinski definition) is 2. The lowest BCUT2D eigenvalue weighted by molar-refractivity contribution is -0.137. The molecule has 1 rings (SSSR count). The van der Waals surface area contributed by atoms with E-state index in [0.717, 1.165) is 6.07 Å². The first-order valence-corrected chi connectivity index (χ1v) is 4.71. The number of nitriles is 1. The van der Waals surface area contributed by atoms with Gasteiger partial charge in [-0.2, -0.15) is 5.26 Å². The number of halogens is 1. The van der Waals surface area contributed by atoms with E-state index in [0.29, 0.717) is 0 Å². The van der Waals surface area contributed by atoms with Crippen LogP contribution in [0.3, 0.4) is 0 Å². The highest BCUT2D eigenvalue weighted by atomic mass is 19.1. The van der Waals surface area contributed by atoms with Crippen molar-refractivity contribution in [3.8, 4) is 11.8 Å². The fourth-order valence-electron chi connectivity index (χ4n) is 0.971. The highest BCUT2D eigenvalue weighted by Crippen LogP contribution is 2.17. The van der Waals surface area contributed by atoms with Crippen LogP contribution in [-0.2, 0) is 4.79 Å². The van der Waals surface area contributed by atoms with Gasteiger partial charge in [0, 0.05) is 6.07 Å². The number of carbonyl (C=O) groups is 1. The lowest BCUT2D eigenvalue weighted by atomic mass is 10.1. The minimum Gasteiger partial charge on any atom is -0.490 e. The Morgan fingerprint density at radius 2 is 2.35 bits per heavy atom. The molecule has 90 valence electrons. The van der Waals surface area contributed by atoms with Gasteiger partial charge in [-0.25, -0.2) is 4.39 Å². The van der Waals surface area contributed by atoms with Gasteiger partial charge in [-0.15, -0.1) is 0 Å². The number of aliphatic hydroxyl groups is 1. The summed E-state index contributed by atoms with van der Waals surface area (Å²) in [6, 6.07) is 5.25. The lowest BCUT2D eigenvalue weighted by Gasteiger charge is -2.19. The molecule has 0 saturated heterocycles. The topological polar surface area (TPSA) is 96.3 Å². The third-order valence-electron chi connectivity index (χ3n) is 2.11. The number of primary amides is 1. The summed E-state index contributed by atoms with van der Waals surface area (Å²) in [5.41, 5.74) is 2.98. The third-order valence-corrected chi connectivity index (χ3v) is 2.11. The van der Waals surface area contributed by atoms with Crippen molar-refractivity contribution in [3.63, 3.8) is 0 Å². The minimum absolute atomic E-state index is 0.100. The average Bonchev–Trinajstić information content (AvgIpc) is 2.26. The molecule has 0 saturated carbocycles. The summed E-state index contributed by atoms with van der Waals surface area (Å²) in [4.78, 5) is 10.8. The van der Waals surface area contributed by atoms with Gasteiger partial charge in [-0.3, -0.25) is 4.79 Å². The Labute approximate surface area is 97.2 Å². The summed E-state index contributed by atoms with van der Waals surface area (Å²) in [5.74, 6) is -1.57. The van der Waals surface area contributed by atoms with E-state index in [9.17, 15) is 14.3 Å². The fourth-order valence-corrected chi connectivity index (χ4v) is 0.971. The first-order chi connectivity index (χ1) is 7.86. The predicted molar refractivity (Wildman–Crippen MR) is 56.4 cm³/mol. The number of rotatable bonds is 4. The summed E-state index contributed by atoms with van der Waals surface area (Å²) < 4.78 is 18.2. The average molecular weight is 238 g/mol. The highest BCUT2D eigenvalue weighted by Gasteiger charge is 2.28. The molecule has 0 bridgehead atoms. The van der Waals surface area contributed by atoms with Gasteiger partial charge < -0.3 is 15.6 Å². The van der Waals surface area contributed by atoms with E-state index in [2.05, 4.69) is 0 Å². The Hall–Kier alpha value is -2.13. The molecule has 5 nitrogen and oxygen atoms in total. The van der Waals surface area contributed by atoms with Gasteiger partial charge in [0.2, 0.25) is 0 Å². The molecular weight excluding hydrogens is 227 g/mol. The molecule has 0 radical (unpaired) electrons. The maximum Gasteiger partial charge on any atom is 0.252 e. The van der Waals surface area contributed by atoms with Gasteiger partial charge in [-0.1, -0.05) is 0 Å². The molecule has 0 aromatic heterocycles. The zero-order chi connectivity index (χ0) is 13.1. The highest BCUT2D eigenvalue weighted by molar-refractivity contribution is 5.82. The molecule has 1 aromatic rings. The number of amides is 1. The second kappa shape index (κ2) is 4.80. The third kappa shape index (κ3) is 3.16. The Morgan fingerprint density at radius 1 is 1.71 bits per heavy atom. The van der Waals surface area contributed by atoms with Crippen LogP contribution in [0.1, 0.15) is 12.5 Å². The van der Waals surface area contributed by atoms with E-state index in [-0.39, 0.29) is 11.3 Å². The fraction of sp³-hybridized carbons (Fsp3) is 0.273. The van der Waals surface area contributed by atoms with Gasteiger partial charge >= 0.3 is 0 Å². The van der Waals surface area contributed by atoms with E-state index in [1.807, 2.05) is 0 Å². The zero-order valence-electron chi connectivity index (χ0n) is 9.11. The molecule has 0 aliphatic rings. The van der Waals surface area contributed by atoms with Gasteiger partial charge in [0.1, 0.15) is 24.2 Å². The van der Waals surface area contributed by atoms with Gasteiger partial charge in [0.15, 0.2) is 5.60 Å². The van der Waals surface area contributed by atoms with E-state index >= 15 is 0 Å². The van der Waals surface area contributed by atoms with Crippen molar-refractivity contribution in [1.29, 1.82) is 5.26 Å². The largest absolute Gasteiger partial charge is 0.490 e. The van der Waals surface area contributed by atoms with Crippen LogP contribution in [0.5, 0.6) is 5.75 Å². The van der Waals surface area contributed by atoms with Crippen LogP contribution in [0.15, 0.2) is 18.2 Å². The molecule has 1 atom stereocenters. The summed E-state index contributed by atoms with van der Waals surface area (Å²) in [7, 11) is 0. The number of carbonyl (C=O) groups excluding carboxylic acids is 1. The van der Waals surface area contributed by atoms with Crippen molar-refractivity contribution in [3.05, 3.63) is 29.6 Å². The smallest absolute Gasteiger partial charge is 0.252 e. The van der Waals surface area contributed by atoms with Crippen LogP contribution < -0.4 is 10.5 Å². The first-order valence-electron chi connectivity index (χ1n) is 4.71. The molecule has 1 aromatic carbocycles. The second-order valence-electron chi connectivity index (χ2n) is 3.68. The summed E-state index contributed by atoms with van der Waals surface area (Å²) in [6.45, 7) is 0.795. The standard InChI is InChI=1S/C11H11FN2O3/c1-11(16,10(14)15)6-17-8-3-2-7(5-13)9(12)4-8/h2-4,16H,6H2,1H3,(H2,14,15)/t11-/m0/s1. The first kappa shape index (κ1) is 12.9. The number of ether oxygens (including phenoxy) is 1. The number of nitrogens with zero attached hydrogens (tertiary/aromatic N) is 1. The molecular formula is C11H11FN2O3. The van der Waals surface area contributed by atoms with Crippen LogP contribution in [0.2, 0.25) is 0 Å². The second-order valence-corrected chi connectivity index (χ2v) is 3.68. The van der Waals surface area contributed by atoms with Crippen molar-refractivity contribution in [2.24, 2.45) is 5.73 Å². The van der Waals surface area contributed by atoms with Gasteiger partial charge in [0.25, 0.3) is 5.91 Å². The van der Waals surface area contributed by atoms with Gasteiger partial charge in [-0.05, 0) is 19.1 Å². The van der Waals surface area contributed by atoms with Crippen molar-refractivity contribution in [1.82, 2.24) is 0 Å². The molecule has 0 aliphatic carbocycles. The van der Waals surface area contributed by atoms with E-state index in [1.165, 1.54) is 19.1 Å². The van der Waals surface area contributed by atoms with Crippen molar-refractivity contribution in [2.45, 2.75) is 12.5 Å². The van der Waals surface area contributed by atoms with Crippen molar-refractivity contribution < 1.29 is 19.0 Å². The van der Waals surface area contributed by atoms with Crippen LogP contribution in [0.4, 0.5) is 4.39 Å². The summed E-state index contributed by atoms with van der Waals surface area (Å²) in [6.07, 6.45) is 0. The van der Waals surface area contributed by atoms with Crippen LogP contribution >= 0.6 is 0 Å². The molecule has 0 aliphatic heterocycles. The zero-order valence-corrected chi connectivity index (χ0v) is 9.11. The van der Waals surface area contributed by atoms with Crippen molar-refractivity contribution >= 4 is 5.91 Å². The molecule has 0 unspecified atom stereocenters. The maximum atomic E-state index is 13.2. The molecule has 0 heterocycles. The molecule has 3 N–H and O–H groups in total. The van der Waals surface area contributed by atoms with Gasteiger partial charge in [0.05, 0.1) is 5.56 Å².